The smallest absolute Gasteiger partial charge is 0.328 e. The molecule has 1 heterocycles. The third-order valence-electron chi connectivity index (χ3n) is 4.88. The van der Waals surface area contributed by atoms with E-state index in [1.807, 2.05) is 30.3 Å². The zero-order valence-electron chi connectivity index (χ0n) is 17.0. The van der Waals surface area contributed by atoms with Crippen molar-refractivity contribution in [2.45, 2.75) is 26.3 Å². The second-order valence-electron chi connectivity index (χ2n) is 7.43. The van der Waals surface area contributed by atoms with Crippen LogP contribution < -0.4 is 5.32 Å². The number of carbonyl (C=O) groups is 4. The zero-order chi connectivity index (χ0) is 21.7. The van der Waals surface area contributed by atoms with Crippen molar-refractivity contribution in [3.63, 3.8) is 0 Å². The number of esters is 1. The van der Waals surface area contributed by atoms with Crippen molar-refractivity contribution in [2.75, 3.05) is 13.2 Å². The highest BCUT2D eigenvalue weighted by atomic mass is 16.5. The minimum atomic E-state index is -0.816. The number of amides is 3. The predicted octanol–water partition coefficient (Wildman–Crippen LogP) is 2.21. The standard InChI is InChI=1S/C23H24N2O5/c1-15(2)20(24-19(26)14-16-8-4-3-5-9-16)23(29)30-13-12-25-21(27)17-10-6-7-11-18(17)22(25)28/h3-11,15,20H,12-14H2,1-2H3,(H,24,26)/t20-/m0/s1. The number of carbonyl (C=O) groups excluding carboxylic acids is 4. The van der Waals surface area contributed by atoms with Crippen LogP contribution in [0.4, 0.5) is 0 Å². The van der Waals surface area contributed by atoms with Gasteiger partial charge in [-0.05, 0) is 23.6 Å². The quantitative estimate of drug-likeness (QED) is 0.534. The van der Waals surface area contributed by atoms with Crippen LogP contribution in [-0.2, 0) is 20.7 Å². The fourth-order valence-electron chi connectivity index (χ4n) is 3.27. The highest BCUT2D eigenvalue weighted by Crippen LogP contribution is 2.22. The number of hydrogen-bond donors (Lipinski definition) is 1. The molecule has 0 spiro atoms. The van der Waals surface area contributed by atoms with Crippen molar-refractivity contribution >= 4 is 23.7 Å². The van der Waals surface area contributed by atoms with Gasteiger partial charge < -0.3 is 10.1 Å². The minimum absolute atomic E-state index is 0.0408. The van der Waals surface area contributed by atoms with Crippen molar-refractivity contribution in [3.8, 4) is 0 Å². The van der Waals surface area contributed by atoms with Crippen LogP contribution in [0.3, 0.4) is 0 Å². The molecule has 0 bridgehead atoms. The molecule has 3 amide bonds. The molecule has 0 saturated heterocycles. The van der Waals surface area contributed by atoms with Crippen molar-refractivity contribution in [2.24, 2.45) is 5.92 Å². The normalized spacial score (nSPS) is 13.9. The molecule has 0 unspecified atom stereocenters. The number of imide groups is 1. The molecule has 3 rings (SSSR count). The van der Waals surface area contributed by atoms with E-state index in [0.717, 1.165) is 10.5 Å². The van der Waals surface area contributed by atoms with Gasteiger partial charge in [0.25, 0.3) is 11.8 Å². The lowest BCUT2D eigenvalue weighted by Gasteiger charge is -2.21. The molecule has 7 heteroatoms. The maximum Gasteiger partial charge on any atom is 0.328 e. The number of rotatable bonds is 8. The second-order valence-corrected chi connectivity index (χ2v) is 7.43. The molecular weight excluding hydrogens is 384 g/mol. The first-order valence-corrected chi connectivity index (χ1v) is 9.83. The summed E-state index contributed by atoms with van der Waals surface area (Å²) in [6, 6.07) is 15.0. The van der Waals surface area contributed by atoms with Gasteiger partial charge in [0.05, 0.1) is 24.1 Å². The molecule has 1 atom stereocenters. The molecule has 1 aliphatic rings. The summed E-state index contributed by atoms with van der Waals surface area (Å²) in [5, 5.41) is 2.71. The summed E-state index contributed by atoms with van der Waals surface area (Å²) in [6.45, 7) is 3.43. The van der Waals surface area contributed by atoms with Gasteiger partial charge in [-0.1, -0.05) is 56.3 Å². The fourth-order valence-corrected chi connectivity index (χ4v) is 3.27. The van der Waals surface area contributed by atoms with Gasteiger partial charge in [-0.3, -0.25) is 19.3 Å². The minimum Gasteiger partial charge on any atom is -0.462 e. The Bertz CT molecular complexity index is 920. The Balaban J connectivity index is 1.53. The van der Waals surface area contributed by atoms with Crippen LogP contribution in [0, 0.1) is 5.92 Å². The number of fused-ring (bicyclic) bond motifs is 1. The van der Waals surface area contributed by atoms with Crippen LogP contribution >= 0.6 is 0 Å². The lowest BCUT2D eigenvalue weighted by molar-refractivity contribution is -0.149. The Kier molecular flexibility index (Phi) is 6.61. The number of nitrogens with zero attached hydrogens (tertiary/aromatic N) is 1. The maximum absolute atomic E-state index is 12.5. The van der Waals surface area contributed by atoms with Crippen LogP contribution in [0.1, 0.15) is 40.1 Å². The summed E-state index contributed by atoms with van der Waals surface area (Å²) in [4.78, 5) is 50.6. The van der Waals surface area contributed by atoms with Crippen LogP contribution in [0.25, 0.3) is 0 Å². The molecular formula is C23H24N2O5. The Hall–Kier alpha value is -3.48. The molecule has 0 radical (unpaired) electrons. The topological polar surface area (TPSA) is 92.8 Å². The number of hydrogen-bond acceptors (Lipinski definition) is 5. The highest BCUT2D eigenvalue weighted by Gasteiger charge is 2.35. The summed E-state index contributed by atoms with van der Waals surface area (Å²) in [6.07, 6.45) is 0.159. The summed E-state index contributed by atoms with van der Waals surface area (Å²) in [5.41, 5.74) is 1.54. The van der Waals surface area contributed by atoms with E-state index in [0.29, 0.717) is 11.1 Å². The second kappa shape index (κ2) is 9.35. The monoisotopic (exact) mass is 408 g/mol. The first kappa shape index (κ1) is 21.2. The summed E-state index contributed by atoms with van der Waals surface area (Å²) >= 11 is 0. The van der Waals surface area contributed by atoms with Crippen molar-refractivity contribution in [1.82, 2.24) is 10.2 Å². The lowest BCUT2D eigenvalue weighted by atomic mass is 10.0. The predicted molar refractivity (Wildman–Crippen MR) is 110 cm³/mol. The van der Waals surface area contributed by atoms with E-state index in [9.17, 15) is 19.2 Å². The molecule has 2 aromatic rings. The molecule has 0 aliphatic carbocycles. The number of nitrogens with one attached hydrogen (secondary N) is 1. The molecule has 0 aromatic heterocycles. The van der Waals surface area contributed by atoms with E-state index in [1.54, 1.807) is 38.1 Å². The Morgan fingerprint density at radius 3 is 2.07 bits per heavy atom. The first-order valence-electron chi connectivity index (χ1n) is 9.83. The van der Waals surface area contributed by atoms with E-state index in [4.69, 9.17) is 4.74 Å². The number of benzene rings is 2. The van der Waals surface area contributed by atoms with Gasteiger partial charge in [0.2, 0.25) is 5.91 Å². The molecule has 1 aliphatic heterocycles. The van der Waals surface area contributed by atoms with Crippen molar-refractivity contribution in [1.29, 1.82) is 0 Å². The zero-order valence-corrected chi connectivity index (χ0v) is 17.0. The van der Waals surface area contributed by atoms with E-state index in [2.05, 4.69) is 5.32 Å². The van der Waals surface area contributed by atoms with E-state index in [1.165, 1.54) is 0 Å². The van der Waals surface area contributed by atoms with Crippen molar-refractivity contribution < 1.29 is 23.9 Å². The third-order valence-corrected chi connectivity index (χ3v) is 4.88. The van der Waals surface area contributed by atoms with Gasteiger partial charge in [-0.15, -0.1) is 0 Å². The van der Waals surface area contributed by atoms with Gasteiger partial charge in [0.15, 0.2) is 0 Å². The van der Waals surface area contributed by atoms with Crippen molar-refractivity contribution in [3.05, 3.63) is 71.3 Å². The van der Waals surface area contributed by atoms with Gasteiger partial charge in [-0.2, -0.15) is 0 Å². The van der Waals surface area contributed by atoms with Crippen LogP contribution in [-0.4, -0.2) is 47.8 Å². The van der Waals surface area contributed by atoms with Crippen LogP contribution in [0.15, 0.2) is 54.6 Å². The molecule has 7 nitrogen and oxygen atoms in total. The Morgan fingerprint density at radius 1 is 0.933 bits per heavy atom. The average molecular weight is 408 g/mol. The number of ether oxygens (including phenoxy) is 1. The largest absolute Gasteiger partial charge is 0.462 e. The SMILES string of the molecule is CC(C)[C@H](NC(=O)Cc1ccccc1)C(=O)OCCN1C(=O)c2ccccc2C1=O. The summed E-state index contributed by atoms with van der Waals surface area (Å²) in [5.74, 6) is -1.86. The van der Waals surface area contributed by atoms with Gasteiger partial charge in [-0.25, -0.2) is 4.79 Å². The fraction of sp³-hybridized carbons (Fsp3) is 0.304. The maximum atomic E-state index is 12.5. The molecule has 30 heavy (non-hydrogen) atoms. The molecule has 2 aromatic carbocycles. The van der Waals surface area contributed by atoms with E-state index >= 15 is 0 Å². The molecule has 156 valence electrons. The highest BCUT2D eigenvalue weighted by molar-refractivity contribution is 6.21. The Labute approximate surface area is 175 Å². The average Bonchev–Trinajstić information content (AvgIpc) is 2.97. The van der Waals surface area contributed by atoms with Crippen LogP contribution in [0.2, 0.25) is 0 Å². The van der Waals surface area contributed by atoms with Gasteiger partial charge >= 0.3 is 5.97 Å². The Morgan fingerprint density at radius 2 is 1.50 bits per heavy atom. The first-order chi connectivity index (χ1) is 14.4. The summed E-state index contributed by atoms with van der Waals surface area (Å²) < 4.78 is 5.27. The van der Waals surface area contributed by atoms with E-state index < -0.39 is 23.8 Å². The van der Waals surface area contributed by atoms with Gasteiger partial charge in [0, 0.05) is 0 Å². The molecule has 0 fully saturated rings. The molecule has 0 saturated carbocycles. The summed E-state index contributed by atoms with van der Waals surface area (Å²) in [7, 11) is 0. The third kappa shape index (κ3) is 4.74. The van der Waals surface area contributed by atoms with Crippen LogP contribution in [0.5, 0.6) is 0 Å². The van der Waals surface area contributed by atoms with Gasteiger partial charge in [0.1, 0.15) is 12.6 Å². The lowest BCUT2D eigenvalue weighted by Crippen LogP contribution is -2.46. The van der Waals surface area contributed by atoms with E-state index in [-0.39, 0.29) is 31.4 Å². The molecule has 1 N–H and O–H groups in total.